The number of fused-ring (bicyclic) bond motifs is 1. The van der Waals surface area contributed by atoms with Gasteiger partial charge in [-0.3, -0.25) is 0 Å². The van der Waals surface area contributed by atoms with Crippen LogP contribution >= 0.6 is 11.3 Å². The molecule has 0 unspecified atom stereocenters. The van der Waals surface area contributed by atoms with E-state index in [9.17, 15) is 0 Å². The molecular weight excluding hydrogens is 272 g/mol. The van der Waals surface area contributed by atoms with Crippen molar-refractivity contribution in [2.75, 3.05) is 0 Å². The van der Waals surface area contributed by atoms with Gasteiger partial charge in [0.15, 0.2) is 0 Å². The molecule has 0 bridgehead atoms. The number of thiophene rings is 1. The average Bonchev–Trinajstić information content (AvgIpc) is 2.86. The highest BCUT2D eigenvalue weighted by molar-refractivity contribution is 7.20. The highest BCUT2D eigenvalue weighted by Gasteiger charge is 2.13. The number of hydrogen-bond acceptors (Lipinski definition) is 1. The maximum Gasteiger partial charge on any atom is 0.0433 e. The van der Waals surface area contributed by atoms with Crippen molar-refractivity contribution in [2.24, 2.45) is 0 Å². The van der Waals surface area contributed by atoms with Gasteiger partial charge in [-0.25, -0.2) is 0 Å². The van der Waals surface area contributed by atoms with Gasteiger partial charge in [-0.15, -0.1) is 11.3 Å². The molecule has 0 amide bonds. The van der Waals surface area contributed by atoms with Crippen LogP contribution in [0.15, 0.2) is 44.0 Å². The lowest BCUT2D eigenvalue weighted by atomic mass is 9.98. The molecule has 0 N–H and O–H groups in total. The van der Waals surface area contributed by atoms with E-state index in [-0.39, 0.29) is 0 Å². The molecule has 0 radical (unpaired) electrons. The molecule has 0 aliphatic carbocycles. The molecule has 1 heteroatoms. The van der Waals surface area contributed by atoms with Gasteiger partial charge in [0.1, 0.15) is 0 Å². The molecule has 1 aromatic heterocycles. The largest absolute Gasteiger partial charge is 0.135 e. The molecule has 1 aromatic carbocycles. The number of hydrogen-bond donors (Lipinski definition) is 0. The molecule has 0 spiro atoms. The third-order valence-electron chi connectivity index (χ3n) is 3.29. The quantitative estimate of drug-likeness (QED) is 0.527. The first-order valence-electron chi connectivity index (χ1n) is 7.24. The van der Waals surface area contributed by atoms with Gasteiger partial charge in [0.2, 0.25) is 0 Å². The van der Waals surface area contributed by atoms with Crippen molar-refractivity contribution in [3.05, 3.63) is 65.6 Å². The fourth-order valence-electron chi connectivity index (χ4n) is 2.41. The van der Waals surface area contributed by atoms with Crippen LogP contribution in [0.4, 0.5) is 0 Å². The zero-order valence-electron chi connectivity index (χ0n) is 13.5. The second kappa shape index (κ2) is 7.80. The Balaban J connectivity index is 0.00000106. The Labute approximate surface area is 132 Å². The van der Waals surface area contributed by atoms with Crippen molar-refractivity contribution < 1.29 is 0 Å². The van der Waals surface area contributed by atoms with Crippen molar-refractivity contribution in [1.82, 2.24) is 0 Å². The maximum atomic E-state index is 3.92. The van der Waals surface area contributed by atoms with Crippen LogP contribution in [0.25, 0.3) is 27.8 Å². The Hall–Kier alpha value is -1.86. The van der Waals surface area contributed by atoms with E-state index < -0.39 is 0 Å². The third kappa shape index (κ3) is 3.25. The fraction of sp³-hybridized carbons (Fsp3) is 0.200. The summed E-state index contributed by atoms with van der Waals surface area (Å²) < 4.78 is 1.31. The molecule has 0 saturated carbocycles. The molecule has 2 rings (SSSR count). The molecular formula is C20H24S. The monoisotopic (exact) mass is 296 g/mol. The zero-order valence-corrected chi connectivity index (χ0v) is 14.3. The van der Waals surface area contributed by atoms with E-state index in [0.29, 0.717) is 0 Å². The predicted octanol–water partition coefficient (Wildman–Crippen LogP) is 7.11. The maximum absolute atomic E-state index is 3.92. The third-order valence-corrected chi connectivity index (χ3v) is 4.52. The standard InChI is InChI=1S/C18H18S.C2H6/c1-6-9-12(4)17-13(5)10-11-15-14(7-2)16(8-3)19-18(15)17;1-2/h6-11H,1-3H2,4-5H3;1-2H3/b12-9+;. The Morgan fingerprint density at radius 3 is 2.29 bits per heavy atom. The molecule has 21 heavy (non-hydrogen) atoms. The normalized spacial score (nSPS) is 10.8. The summed E-state index contributed by atoms with van der Waals surface area (Å²) in [7, 11) is 0. The Kier molecular flexibility index (Phi) is 6.39. The summed E-state index contributed by atoms with van der Waals surface area (Å²) in [6.45, 7) is 19.9. The molecule has 0 aliphatic rings. The summed E-state index contributed by atoms with van der Waals surface area (Å²) in [6.07, 6.45) is 7.72. The lowest BCUT2D eigenvalue weighted by Crippen LogP contribution is -1.86. The predicted molar refractivity (Wildman–Crippen MR) is 102 cm³/mol. The van der Waals surface area contributed by atoms with Gasteiger partial charge in [-0.1, -0.05) is 70.0 Å². The fourth-order valence-corrected chi connectivity index (χ4v) is 3.73. The second-order valence-corrected chi connectivity index (χ2v) is 5.56. The summed E-state index contributed by atoms with van der Waals surface area (Å²) >= 11 is 1.78. The van der Waals surface area contributed by atoms with Crippen LogP contribution in [0.2, 0.25) is 0 Å². The van der Waals surface area contributed by atoms with Gasteiger partial charge in [0.05, 0.1) is 0 Å². The molecule has 2 aromatic rings. The van der Waals surface area contributed by atoms with Gasteiger partial charge in [-0.2, -0.15) is 0 Å². The first-order valence-corrected chi connectivity index (χ1v) is 8.06. The Morgan fingerprint density at radius 1 is 1.10 bits per heavy atom. The Morgan fingerprint density at radius 2 is 1.76 bits per heavy atom. The number of aryl methyl sites for hydroxylation is 1. The minimum Gasteiger partial charge on any atom is -0.135 e. The zero-order chi connectivity index (χ0) is 16.0. The summed E-state index contributed by atoms with van der Waals surface area (Å²) in [6, 6.07) is 4.35. The van der Waals surface area contributed by atoms with Gasteiger partial charge < -0.3 is 0 Å². The van der Waals surface area contributed by atoms with Gasteiger partial charge in [0, 0.05) is 15.0 Å². The van der Waals surface area contributed by atoms with Crippen molar-refractivity contribution in [2.45, 2.75) is 27.7 Å². The van der Waals surface area contributed by atoms with Crippen LogP contribution in [0.5, 0.6) is 0 Å². The minimum absolute atomic E-state index is 1.18. The number of benzene rings is 1. The molecule has 0 fully saturated rings. The molecule has 0 nitrogen and oxygen atoms in total. The van der Waals surface area contributed by atoms with Crippen molar-refractivity contribution >= 4 is 39.1 Å². The second-order valence-electron chi connectivity index (χ2n) is 4.51. The molecule has 1 heterocycles. The van der Waals surface area contributed by atoms with Crippen molar-refractivity contribution in [1.29, 1.82) is 0 Å². The highest BCUT2D eigenvalue weighted by Crippen LogP contribution is 2.39. The van der Waals surface area contributed by atoms with E-state index in [1.807, 2.05) is 32.1 Å². The SMILES string of the molecule is C=C/C=C(\C)c1c(C)ccc2c(C=C)c(C=C)sc12.CC. The highest BCUT2D eigenvalue weighted by atomic mass is 32.1. The topological polar surface area (TPSA) is 0 Å². The molecule has 0 aliphatic heterocycles. The summed E-state index contributed by atoms with van der Waals surface area (Å²) in [4.78, 5) is 1.18. The van der Waals surface area contributed by atoms with Crippen LogP contribution in [0.1, 0.15) is 42.3 Å². The van der Waals surface area contributed by atoms with Crippen LogP contribution in [-0.4, -0.2) is 0 Å². The van der Waals surface area contributed by atoms with E-state index >= 15 is 0 Å². The number of rotatable bonds is 4. The van der Waals surface area contributed by atoms with Gasteiger partial charge in [0.25, 0.3) is 0 Å². The number of allylic oxidation sites excluding steroid dienone is 3. The van der Waals surface area contributed by atoms with Crippen LogP contribution in [0.3, 0.4) is 0 Å². The van der Waals surface area contributed by atoms with Crippen LogP contribution in [0, 0.1) is 6.92 Å². The smallest absolute Gasteiger partial charge is 0.0433 e. The van der Waals surface area contributed by atoms with E-state index in [0.717, 1.165) is 0 Å². The van der Waals surface area contributed by atoms with Crippen LogP contribution < -0.4 is 0 Å². The molecule has 0 saturated heterocycles. The minimum atomic E-state index is 1.18. The summed E-state index contributed by atoms with van der Waals surface area (Å²) in [5.41, 5.74) is 5.02. The Bertz CT molecular complexity index is 696. The van der Waals surface area contributed by atoms with E-state index in [1.54, 1.807) is 11.3 Å². The average molecular weight is 296 g/mol. The first kappa shape index (κ1) is 17.2. The van der Waals surface area contributed by atoms with Gasteiger partial charge >= 0.3 is 0 Å². The lowest BCUT2D eigenvalue weighted by molar-refractivity contribution is 1.45. The summed E-state index contributed by atoms with van der Waals surface area (Å²) in [5, 5.41) is 1.26. The molecule has 110 valence electrons. The molecule has 0 atom stereocenters. The first-order chi connectivity index (χ1) is 10.1. The van der Waals surface area contributed by atoms with E-state index in [2.05, 4.69) is 51.8 Å². The van der Waals surface area contributed by atoms with Crippen molar-refractivity contribution in [3.8, 4) is 0 Å². The summed E-state index contributed by atoms with van der Waals surface area (Å²) in [5.74, 6) is 0. The van der Waals surface area contributed by atoms with E-state index in [4.69, 9.17) is 0 Å². The van der Waals surface area contributed by atoms with Crippen molar-refractivity contribution in [3.63, 3.8) is 0 Å². The van der Waals surface area contributed by atoms with Gasteiger partial charge in [-0.05, 0) is 36.1 Å². The van der Waals surface area contributed by atoms with E-state index in [1.165, 1.54) is 37.2 Å². The lowest BCUT2D eigenvalue weighted by Gasteiger charge is -2.07. The van der Waals surface area contributed by atoms with Crippen LogP contribution in [-0.2, 0) is 0 Å².